The number of hydrogen-bond acceptors (Lipinski definition) is 19. The van der Waals surface area contributed by atoms with Gasteiger partial charge in [0.2, 0.25) is 17.7 Å². The lowest BCUT2D eigenvalue weighted by atomic mass is 9.73. The van der Waals surface area contributed by atoms with E-state index in [4.69, 9.17) is 34.3 Å². The Bertz CT molecular complexity index is 2330. The van der Waals surface area contributed by atoms with Crippen LogP contribution in [0, 0.1) is 17.8 Å². The number of nitrogens with zero attached hydrogens (tertiary/aromatic N) is 5. The number of aromatic nitrogens is 2. The van der Waals surface area contributed by atoms with Gasteiger partial charge in [-0.15, -0.1) is 11.3 Å². The number of rotatable bonds is 13. The Morgan fingerprint density at radius 2 is 1.77 bits per heavy atom. The van der Waals surface area contributed by atoms with Crippen LogP contribution < -0.4 is 16.4 Å². The molecule has 73 heavy (non-hydrogen) atoms. The zero-order valence-electron chi connectivity index (χ0n) is 44.2. The van der Waals surface area contributed by atoms with Crippen molar-refractivity contribution >= 4 is 58.1 Å². The van der Waals surface area contributed by atoms with Crippen LogP contribution in [0.2, 0.25) is 0 Å². The van der Waals surface area contributed by atoms with Gasteiger partial charge in [0, 0.05) is 47.2 Å². The van der Waals surface area contributed by atoms with E-state index in [1.807, 2.05) is 18.7 Å². The van der Waals surface area contributed by atoms with E-state index in [1.165, 1.54) is 39.0 Å². The van der Waals surface area contributed by atoms with Crippen molar-refractivity contribution in [1.29, 1.82) is 0 Å². The number of esters is 1. The predicted molar refractivity (Wildman–Crippen MR) is 269 cm³/mol. The number of oxime groups is 1. The maximum Gasteiger partial charge on any atom is 0.351 e. The largest absolute Gasteiger partial charge is 0.457 e. The second-order valence-corrected chi connectivity index (χ2v) is 21.2. The van der Waals surface area contributed by atoms with Crippen molar-refractivity contribution in [3.63, 3.8) is 0 Å². The van der Waals surface area contributed by atoms with Crippen molar-refractivity contribution in [3.8, 4) is 10.6 Å². The number of fused-ring (bicyclic) bond motifs is 5. The Morgan fingerprint density at radius 3 is 2.38 bits per heavy atom. The van der Waals surface area contributed by atoms with Crippen LogP contribution in [0.25, 0.3) is 10.6 Å². The van der Waals surface area contributed by atoms with Gasteiger partial charge in [0.05, 0.1) is 48.9 Å². The van der Waals surface area contributed by atoms with Crippen molar-refractivity contribution in [3.05, 3.63) is 29.4 Å². The third kappa shape index (κ3) is 14.2. The molecule has 2 aromatic heterocycles. The molecule has 3 aliphatic heterocycles. The van der Waals surface area contributed by atoms with Crippen LogP contribution >= 0.6 is 11.3 Å². The summed E-state index contributed by atoms with van der Waals surface area (Å²) >= 11 is 1.27. The minimum atomic E-state index is -3.26. The Balaban J connectivity index is 1.54. The summed E-state index contributed by atoms with van der Waals surface area (Å²) in [5, 5.41) is 36.1. The Kier molecular flexibility index (Phi) is 20.1. The lowest BCUT2D eigenvalue weighted by molar-refractivity contribution is -0.296. The molecular weight excluding hydrogens is 972 g/mol. The van der Waals surface area contributed by atoms with Gasteiger partial charge in [-0.3, -0.25) is 24.2 Å². The first kappa shape index (κ1) is 59.2. The number of nitrogens with one attached hydrogen (secondary N) is 2. The topological polar surface area (TPSA) is 285 Å². The fraction of sp³-hybridized carbons (Fsp3) is 0.700. The van der Waals surface area contributed by atoms with Crippen molar-refractivity contribution < 1.29 is 67.1 Å². The summed E-state index contributed by atoms with van der Waals surface area (Å²) in [6.07, 6.45) is -5.20. The maximum atomic E-state index is 17.0. The number of anilines is 1. The number of carbonyl (C=O) groups excluding carboxylic acids is 5. The molecule has 5 rings (SSSR count). The summed E-state index contributed by atoms with van der Waals surface area (Å²) in [5.74, 6) is -6.88. The van der Waals surface area contributed by atoms with Gasteiger partial charge in [0.25, 0.3) is 5.67 Å². The van der Waals surface area contributed by atoms with E-state index in [0.717, 1.165) is 6.92 Å². The molecule has 0 aromatic carbocycles. The number of alkyl halides is 1. The molecule has 0 saturated carbocycles. The molecule has 0 aliphatic carbocycles. The van der Waals surface area contributed by atoms with Crippen LogP contribution in [-0.4, -0.2) is 165 Å². The van der Waals surface area contributed by atoms with Crippen LogP contribution in [0.4, 0.5) is 10.2 Å². The molecule has 3 fully saturated rings. The standard InChI is InChI=1S/C50H75FN8O13S/c1-14-35-50(11,66)42-27(5)38(57-37(60)15-2)25(3)19-48(9,41(28(6)40(62)49(10,51)47(65)71-35)72-46-39(61)34(59(12)13)18-26(4)70-46)68-22-33(21-67-42)58-69-23-32-17-16-31(20-53-32)45-56-36(24-73-45)55-44(64)30(8)54-43(63)29(7)52/h16-17,20,24-30,34-35,39,41-42,46,61,66H,14-15,18-19,21-23,52H2,1-13H3,(H,54,63)(H,55,64)/b57-38+,58-33+/t25-,26-,27+,28+,29+,30+,34+,35-,39-,41-,42-,46+,48-,49+,50-/m1/s1. The molecule has 2 bridgehead atoms. The van der Waals surface area contributed by atoms with Gasteiger partial charge in [-0.25, -0.2) is 19.2 Å². The molecule has 0 spiro atoms. The van der Waals surface area contributed by atoms with Gasteiger partial charge in [0.1, 0.15) is 40.4 Å². The molecule has 406 valence electrons. The summed E-state index contributed by atoms with van der Waals surface area (Å²) < 4.78 is 49.1. The van der Waals surface area contributed by atoms with Crippen LogP contribution in [0.15, 0.2) is 33.9 Å². The molecule has 15 atom stereocenters. The van der Waals surface area contributed by atoms with E-state index in [1.54, 1.807) is 65.5 Å². The van der Waals surface area contributed by atoms with Gasteiger partial charge >= 0.3 is 5.97 Å². The van der Waals surface area contributed by atoms with E-state index in [2.05, 4.69) is 30.7 Å². The van der Waals surface area contributed by atoms with Crippen molar-refractivity contribution in [2.45, 2.75) is 180 Å². The molecule has 6 N–H and O–H groups in total. The van der Waals surface area contributed by atoms with Crippen LogP contribution in [0.5, 0.6) is 0 Å². The summed E-state index contributed by atoms with van der Waals surface area (Å²) in [4.78, 5) is 87.7. The number of nitrogens with two attached hydrogens (primary N) is 1. The normalized spacial score (nSPS) is 34.8. The summed E-state index contributed by atoms with van der Waals surface area (Å²) in [5.41, 5.74) is 0.179. The molecule has 2 aromatic rings. The van der Waals surface area contributed by atoms with Crippen molar-refractivity contribution in [1.82, 2.24) is 20.2 Å². The minimum Gasteiger partial charge on any atom is -0.457 e. The number of thiazole rings is 1. The zero-order valence-corrected chi connectivity index (χ0v) is 45.0. The second-order valence-electron chi connectivity index (χ2n) is 20.3. The van der Waals surface area contributed by atoms with Crippen LogP contribution in [0.3, 0.4) is 0 Å². The Labute approximate surface area is 430 Å². The fourth-order valence-electron chi connectivity index (χ4n) is 9.59. The SMILES string of the molecule is CCC(=O)/N=C1\[C@H](C)C[C@@]2(C)OC/C(=N/OCc3ccc(-c4nc(NC(=O)[C@H](C)NC(=O)[C@H](C)N)cs4)cn3)CO[C@H]([C@H]1C)[C@](C)(O)[C@@H](CC)OC(=O)[C@@](C)(F)C(=O)[C@H](C)[C@H]2O[C@@H]1O[C@H](C)C[C@H](N(C)C)[C@H]1O. The molecular formula is C50H75FN8O13S. The maximum absolute atomic E-state index is 17.0. The number of cyclic esters (lactones) is 1. The first-order valence-corrected chi connectivity index (χ1v) is 25.7. The molecule has 0 radical (unpaired) electrons. The average molecular weight is 1050 g/mol. The highest BCUT2D eigenvalue weighted by molar-refractivity contribution is 7.13. The molecule has 23 heteroatoms. The number of amides is 3. The zero-order chi connectivity index (χ0) is 54.3. The summed E-state index contributed by atoms with van der Waals surface area (Å²) in [6.45, 7) is 16.1. The lowest BCUT2D eigenvalue weighted by Crippen LogP contribution is -2.61. The van der Waals surface area contributed by atoms with Crippen LogP contribution in [0.1, 0.15) is 108 Å². The van der Waals surface area contributed by atoms with Crippen molar-refractivity contribution in [2.24, 2.45) is 33.6 Å². The first-order valence-electron chi connectivity index (χ1n) is 24.8. The highest BCUT2D eigenvalue weighted by atomic mass is 32.1. The van der Waals surface area contributed by atoms with E-state index >= 15 is 4.39 Å². The Hall–Kier alpha value is -4.72. The third-order valence-corrected chi connectivity index (χ3v) is 14.7. The molecule has 5 heterocycles. The number of halogens is 1. The van der Waals surface area contributed by atoms with E-state index in [-0.39, 0.29) is 50.6 Å². The van der Waals surface area contributed by atoms with E-state index in [0.29, 0.717) is 28.4 Å². The lowest BCUT2D eigenvalue weighted by Gasteiger charge is -2.47. The van der Waals surface area contributed by atoms with E-state index < -0.39 is 119 Å². The predicted octanol–water partition coefficient (Wildman–Crippen LogP) is 3.91. The van der Waals surface area contributed by atoms with Gasteiger partial charge in [0.15, 0.2) is 18.7 Å². The van der Waals surface area contributed by atoms with Gasteiger partial charge in [-0.2, -0.15) is 0 Å². The number of aliphatic hydroxyl groups is 2. The van der Waals surface area contributed by atoms with Gasteiger partial charge in [-0.05, 0) is 93.0 Å². The highest BCUT2D eigenvalue weighted by Crippen LogP contribution is 2.41. The molecule has 3 amide bonds. The number of pyridine rings is 1. The van der Waals surface area contributed by atoms with Gasteiger partial charge in [-0.1, -0.05) is 39.8 Å². The van der Waals surface area contributed by atoms with Gasteiger partial charge < -0.3 is 60.0 Å². The molecule has 3 aliphatic rings. The molecule has 3 saturated heterocycles. The smallest absolute Gasteiger partial charge is 0.351 e. The molecule has 21 nitrogen and oxygen atoms in total. The first-order chi connectivity index (χ1) is 34.1. The quantitative estimate of drug-likeness (QED) is 0.108. The number of ketones is 1. The molecule has 0 unspecified atom stereocenters. The summed E-state index contributed by atoms with van der Waals surface area (Å²) in [7, 11) is 3.61. The number of likely N-dealkylation sites (N-methyl/N-ethyl adjacent to an activating group) is 1. The number of carbonyl (C=O) groups is 5. The third-order valence-electron chi connectivity index (χ3n) is 13.8. The summed E-state index contributed by atoms with van der Waals surface area (Å²) in [6, 6.07) is 1.40. The number of ether oxygens (including phenoxy) is 5. The number of aliphatic hydroxyl groups excluding tert-OH is 1. The fourth-order valence-corrected chi connectivity index (χ4v) is 10.3. The van der Waals surface area contributed by atoms with E-state index in [9.17, 15) is 34.2 Å². The number of hydrogen-bond donors (Lipinski definition) is 5. The Morgan fingerprint density at radius 1 is 1.07 bits per heavy atom. The van der Waals surface area contributed by atoms with Crippen molar-refractivity contribution in [2.75, 3.05) is 32.6 Å². The van der Waals surface area contributed by atoms with Crippen LogP contribution in [-0.2, 0) is 59.1 Å². The number of Topliss-reactive ketones (excluding diaryl/α,β-unsaturated/α-hetero) is 1. The second kappa shape index (κ2) is 24.7. The highest BCUT2D eigenvalue weighted by Gasteiger charge is 2.57. The monoisotopic (exact) mass is 1050 g/mol. The number of aliphatic imine (C=N–C) groups is 1. The average Bonchev–Trinajstić information content (AvgIpc) is 3.80. The minimum absolute atomic E-state index is 0.0344.